The van der Waals surface area contributed by atoms with Crippen molar-refractivity contribution < 1.29 is 9.90 Å². The van der Waals surface area contributed by atoms with E-state index in [9.17, 15) is 4.79 Å². The lowest BCUT2D eigenvalue weighted by Gasteiger charge is -2.35. The molecule has 2 heterocycles. The van der Waals surface area contributed by atoms with E-state index in [-0.39, 0.29) is 18.6 Å². The zero-order valence-electron chi connectivity index (χ0n) is 12.6. The maximum Gasteiger partial charge on any atom is 0.226 e. The second-order valence-corrected chi connectivity index (χ2v) is 6.72. The van der Waals surface area contributed by atoms with Gasteiger partial charge < -0.3 is 15.0 Å². The van der Waals surface area contributed by atoms with E-state index < -0.39 is 0 Å². The number of nitrogens with zero attached hydrogens (tertiary/aromatic N) is 4. The Morgan fingerprint density at radius 3 is 2.86 bits per heavy atom. The monoisotopic (exact) mass is 321 g/mol. The Labute approximate surface area is 132 Å². The van der Waals surface area contributed by atoms with Gasteiger partial charge in [-0.2, -0.15) is 0 Å². The molecule has 0 radical (unpaired) electrons. The number of carbonyl (C=O) groups is 1. The van der Waals surface area contributed by atoms with Gasteiger partial charge in [-0.25, -0.2) is 4.98 Å². The van der Waals surface area contributed by atoms with Gasteiger partial charge in [0.2, 0.25) is 5.91 Å². The molecule has 1 fully saturated rings. The molecular weight excluding hydrogens is 302 g/mol. The van der Waals surface area contributed by atoms with Crippen LogP contribution in [0.3, 0.4) is 0 Å². The van der Waals surface area contributed by atoms with Gasteiger partial charge in [-0.1, -0.05) is 0 Å². The maximum atomic E-state index is 12.0. The van der Waals surface area contributed by atoms with E-state index >= 15 is 0 Å². The number of thiazole rings is 1. The smallest absolute Gasteiger partial charge is 0.226 e. The molecule has 1 aliphatic rings. The molecule has 0 aliphatic heterocycles. The molecule has 2 aromatic rings. The van der Waals surface area contributed by atoms with E-state index in [0.717, 1.165) is 29.4 Å². The first-order valence-electron chi connectivity index (χ1n) is 7.26. The molecule has 3 rings (SSSR count). The fourth-order valence-electron chi connectivity index (χ4n) is 2.75. The first kappa shape index (κ1) is 15.1. The quantitative estimate of drug-likeness (QED) is 0.844. The minimum atomic E-state index is -0.108. The van der Waals surface area contributed by atoms with E-state index in [1.807, 2.05) is 23.9 Å². The highest BCUT2D eigenvalue weighted by molar-refractivity contribution is 7.09. The van der Waals surface area contributed by atoms with Crippen LogP contribution >= 0.6 is 11.3 Å². The van der Waals surface area contributed by atoms with Crippen LogP contribution in [0.4, 0.5) is 0 Å². The average Bonchev–Trinajstić information content (AvgIpc) is 3.00. The van der Waals surface area contributed by atoms with Crippen LogP contribution in [0.15, 0.2) is 5.38 Å². The van der Waals surface area contributed by atoms with Crippen molar-refractivity contribution in [2.24, 2.45) is 7.05 Å². The summed E-state index contributed by atoms with van der Waals surface area (Å²) in [7, 11) is 1.86. The van der Waals surface area contributed by atoms with E-state index in [4.69, 9.17) is 5.11 Å². The normalized spacial score (nSPS) is 20.7. The number of rotatable bonds is 5. The largest absolute Gasteiger partial charge is 0.388 e. The van der Waals surface area contributed by atoms with Crippen molar-refractivity contribution in [3.63, 3.8) is 0 Å². The molecule has 0 aromatic carbocycles. The fourth-order valence-corrected chi connectivity index (χ4v) is 3.36. The van der Waals surface area contributed by atoms with Crippen LogP contribution in [0.2, 0.25) is 0 Å². The summed E-state index contributed by atoms with van der Waals surface area (Å²) in [6.45, 7) is 1.83. The highest BCUT2D eigenvalue weighted by atomic mass is 32.1. The molecule has 1 amide bonds. The number of nitrogens with one attached hydrogen (secondary N) is 1. The molecule has 2 N–H and O–H groups in total. The van der Waals surface area contributed by atoms with Crippen LogP contribution in [0.5, 0.6) is 0 Å². The number of amides is 1. The Balaban J connectivity index is 1.49. The van der Waals surface area contributed by atoms with Crippen LogP contribution < -0.4 is 5.32 Å². The number of aryl methyl sites for hydroxylation is 1. The van der Waals surface area contributed by atoms with Crippen molar-refractivity contribution in [3.8, 4) is 0 Å². The summed E-state index contributed by atoms with van der Waals surface area (Å²) in [6.07, 6.45) is 2.06. The predicted octanol–water partition coefficient (Wildman–Crippen LogP) is 0.677. The van der Waals surface area contributed by atoms with Crippen LogP contribution in [0.1, 0.15) is 41.1 Å². The van der Waals surface area contributed by atoms with Gasteiger partial charge in [-0.15, -0.1) is 21.5 Å². The topological polar surface area (TPSA) is 92.9 Å². The average molecular weight is 321 g/mol. The third kappa shape index (κ3) is 3.02. The molecule has 7 nitrogen and oxygen atoms in total. The molecule has 118 valence electrons. The standard InChI is InChI=1S/C14H19N5O2S/c1-8-15-11(7-22-8)5-13(21)16-10-3-9(4-10)14-18-17-12(6-20)19(14)2/h7,9-10,20H,3-6H2,1-2H3,(H,16,21). The first-order chi connectivity index (χ1) is 10.6. The summed E-state index contributed by atoms with van der Waals surface area (Å²) in [5.74, 6) is 1.76. The summed E-state index contributed by atoms with van der Waals surface area (Å²) in [5, 5.41) is 23.1. The number of hydrogen-bond acceptors (Lipinski definition) is 6. The SMILES string of the molecule is Cc1nc(CC(=O)NC2CC(c3nnc(CO)n3C)C2)cs1. The highest BCUT2D eigenvalue weighted by Gasteiger charge is 2.34. The molecule has 1 aliphatic carbocycles. The fraction of sp³-hybridized carbons (Fsp3) is 0.571. The van der Waals surface area contributed by atoms with Crippen molar-refractivity contribution in [3.05, 3.63) is 27.7 Å². The molecule has 1 saturated carbocycles. The lowest BCUT2D eigenvalue weighted by Crippen LogP contribution is -2.44. The Kier molecular flexibility index (Phi) is 4.21. The number of aliphatic hydroxyl groups excluding tert-OH is 1. The summed E-state index contributed by atoms with van der Waals surface area (Å²) < 4.78 is 1.83. The second kappa shape index (κ2) is 6.13. The third-order valence-corrected chi connectivity index (χ3v) is 4.84. The molecule has 22 heavy (non-hydrogen) atoms. The summed E-state index contributed by atoms with van der Waals surface area (Å²) >= 11 is 1.56. The predicted molar refractivity (Wildman–Crippen MR) is 81.4 cm³/mol. The van der Waals surface area contributed by atoms with Crippen molar-refractivity contribution in [2.45, 2.75) is 44.8 Å². The van der Waals surface area contributed by atoms with Crippen molar-refractivity contribution in [1.29, 1.82) is 0 Å². The van der Waals surface area contributed by atoms with Crippen LogP contribution in [0.25, 0.3) is 0 Å². The maximum absolute atomic E-state index is 12.0. The molecule has 0 unspecified atom stereocenters. The molecular formula is C14H19N5O2S. The van der Waals surface area contributed by atoms with Gasteiger partial charge in [0.05, 0.1) is 17.1 Å². The Morgan fingerprint density at radius 2 is 2.27 bits per heavy atom. The molecule has 8 heteroatoms. The number of aliphatic hydroxyl groups is 1. The van der Waals surface area contributed by atoms with Crippen molar-refractivity contribution >= 4 is 17.2 Å². The van der Waals surface area contributed by atoms with Crippen LogP contribution in [-0.2, 0) is 24.9 Å². The summed E-state index contributed by atoms with van der Waals surface area (Å²) in [4.78, 5) is 16.3. The van der Waals surface area contributed by atoms with Crippen molar-refractivity contribution in [2.75, 3.05) is 0 Å². The van der Waals surface area contributed by atoms with Gasteiger partial charge in [-0.3, -0.25) is 4.79 Å². The lowest BCUT2D eigenvalue weighted by atomic mass is 9.79. The number of hydrogen-bond donors (Lipinski definition) is 2. The van der Waals surface area contributed by atoms with E-state index in [1.54, 1.807) is 11.3 Å². The summed E-state index contributed by atoms with van der Waals surface area (Å²) in [6, 6.07) is 0.187. The van der Waals surface area contributed by atoms with Gasteiger partial charge in [0.1, 0.15) is 12.4 Å². The minimum absolute atomic E-state index is 0.0164. The van der Waals surface area contributed by atoms with Crippen molar-refractivity contribution in [1.82, 2.24) is 25.1 Å². The Hall–Kier alpha value is -1.80. The van der Waals surface area contributed by atoms with E-state index in [1.165, 1.54) is 0 Å². The number of carbonyl (C=O) groups excluding carboxylic acids is 1. The van der Waals surface area contributed by atoms with Crippen LogP contribution in [0, 0.1) is 6.92 Å². The van der Waals surface area contributed by atoms with Gasteiger partial charge >= 0.3 is 0 Å². The molecule has 0 saturated heterocycles. The van der Waals surface area contributed by atoms with Gasteiger partial charge in [-0.05, 0) is 19.8 Å². The minimum Gasteiger partial charge on any atom is -0.388 e. The van der Waals surface area contributed by atoms with Gasteiger partial charge in [0.25, 0.3) is 0 Å². The molecule has 0 spiro atoms. The van der Waals surface area contributed by atoms with E-state index in [0.29, 0.717) is 18.2 Å². The Bertz CT molecular complexity index is 675. The van der Waals surface area contributed by atoms with Gasteiger partial charge in [0.15, 0.2) is 5.82 Å². The van der Waals surface area contributed by atoms with E-state index in [2.05, 4.69) is 20.5 Å². The first-order valence-corrected chi connectivity index (χ1v) is 8.14. The zero-order valence-corrected chi connectivity index (χ0v) is 13.4. The van der Waals surface area contributed by atoms with Crippen LogP contribution in [-0.4, -0.2) is 36.8 Å². The number of aromatic nitrogens is 4. The van der Waals surface area contributed by atoms with Gasteiger partial charge in [0, 0.05) is 24.4 Å². The third-order valence-electron chi connectivity index (χ3n) is 4.02. The second-order valence-electron chi connectivity index (χ2n) is 5.66. The lowest BCUT2D eigenvalue weighted by molar-refractivity contribution is -0.121. The molecule has 0 atom stereocenters. The Morgan fingerprint density at radius 1 is 1.50 bits per heavy atom. The highest BCUT2D eigenvalue weighted by Crippen LogP contribution is 2.35. The molecule has 0 bridgehead atoms. The zero-order chi connectivity index (χ0) is 15.7. The summed E-state index contributed by atoms with van der Waals surface area (Å²) in [5.41, 5.74) is 0.830. The molecule has 2 aromatic heterocycles.